The maximum atomic E-state index is 13.6. The first kappa shape index (κ1) is 20.3. The Bertz CT molecular complexity index is 997. The highest BCUT2D eigenvalue weighted by molar-refractivity contribution is 5.77. The summed E-state index contributed by atoms with van der Waals surface area (Å²) in [6.45, 7) is 1.99. The largest absolute Gasteiger partial charge is 0.490 e. The Hall–Kier alpha value is -3.01. The summed E-state index contributed by atoms with van der Waals surface area (Å²) < 4.78 is 59.5. The number of nitrogens with zero attached hydrogens (tertiary/aromatic N) is 4. The molecule has 1 aliphatic heterocycles. The number of hydrogen-bond acceptors (Lipinski definition) is 5. The normalized spacial score (nSPS) is 15.3. The second-order valence-electron chi connectivity index (χ2n) is 6.99. The number of aromatic nitrogens is 4. The Labute approximate surface area is 169 Å². The fourth-order valence-electron chi connectivity index (χ4n) is 3.37. The molecule has 0 bridgehead atoms. The third-order valence-corrected chi connectivity index (χ3v) is 4.95. The number of imidazole rings is 1. The van der Waals surface area contributed by atoms with Crippen LogP contribution in [0, 0.1) is 11.7 Å². The van der Waals surface area contributed by atoms with Crippen molar-refractivity contribution in [1.82, 2.24) is 19.5 Å². The average Bonchev–Trinajstić information content (AvgIpc) is 3.20. The van der Waals surface area contributed by atoms with Crippen molar-refractivity contribution in [1.29, 1.82) is 0 Å². The lowest BCUT2D eigenvalue weighted by Crippen LogP contribution is -2.23. The quantitative estimate of drug-likeness (QED) is 0.617. The van der Waals surface area contributed by atoms with E-state index in [0.29, 0.717) is 37.6 Å². The van der Waals surface area contributed by atoms with Gasteiger partial charge in [-0.25, -0.2) is 23.9 Å². The summed E-state index contributed by atoms with van der Waals surface area (Å²) in [5.74, 6) is 0.137. The molecule has 3 heterocycles. The minimum absolute atomic E-state index is 0.0569. The average molecular weight is 421 g/mol. The van der Waals surface area contributed by atoms with E-state index in [2.05, 4.69) is 20.3 Å². The van der Waals surface area contributed by atoms with Crippen molar-refractivity contribution in [2.24, 2.45) is 5.92 Å². The molecule has 1 saturated heterocycles. The monoisotopic (exact) mass is 421 g/mol. The molecule has 1 aliphatic rings. The molecule has 0 amide bonds. The van der Waals surface area contributed by atoms with Crippen LogP contribution in [-0.2, 0) is 11.0 Å². The summed E-state index contributed by atoms with van der Waals surface area (Å²) >= 11 is 0. The zero-order chi connectivity index (χ0) is 21.1. The van der Waals surface area contributed by atoms with Crippen molar-refractivity contribution in [3.05, 3.63) is 48.7 Å². The van der Waals surface area contributed by atoms with Crippen molar-refractivity contribution >= 4 is 5.95 Å². The van der Waals surface area contributed by atoms with Crippen LogP contribution in [0.2, 0.25) is 0 Å². The predicted molar refractivity (Wildman–Crippen MR) is 102 cm³/mol. The van der Waals surface area contributed by atoms with Crippen molar-refractivity contribution in [3.8, 4) is 22.6 Å². The maximum absolute atomic E-state index is 13.6. The number of hydrogen-bond donors (Lipinski definition) is 1. The van der Waals surface area contributed by atoms with Gasteiger partial charge in [-0.15, -0.1) is 13.2 Å². The van der Waals surface area contributed by atoms with Crippen LogP contribution >= 0.6 is 0 Å². The fraction of sp³-hybridized carbons (Fsp3) is 0.350. The summed E-state index contributed by atoms with van der Waals surface area (Å²) in [5, 5.41) is 3.10. The maximum Gasteiger partial charge on any atom is 0.490 e. The summed E-state index contributed by atoms with van der Waals surface area (Å²) in [5.41, 5.74) is 0.241. The van der Waals surface area contributed by atoms with Gasteiger partial charge in [-0.2, -0.15) is 0 Å². The zero-order valence-corrected chi connectivity index (χ0v) is 15.9. The standard InChI is InChI=1S/C20H19F4N5O/c21-15-3-1-14(2-4-15)17-18(29(12-27-17)20(22,23)24)16-5-8-25-19(28-16)26-11-13-6-9-30-10-7-13/h1-5,8,12-13H,6-7,9-11H2,(H,25,26,28). The molecule has 0 spiro atoms. The van der Waals surface area contributed by atoms with Crippen molar-refractivity contribution in [2.75, 3.05) is 25.1 Å². The van der Waals surface area contributed by atoms with Gasteiger partial charge in [-0.05, 0) is 49.1 Å². The lowest BCUT2D eigenvalue weighted by atomic mass is 10.0. The molecule has 0 radical (unpaired) electrons. The SMILES string of the molecule is Fc1ccc(-c2ncn(C(F)(F)F)c2-c2ccnc(NCC3CCOCC3)n2)cc1. The molecular formula is C20H19F4N5O. The van der Waals surface area contributed by atoms with Gasteiger partial charge < -0.3 is 10.1 Å². The molecule has 3 aromatic rings. The van der Waals surface area contributed by atoms with Crippen molar-refractivity contribution in [3.63, 3.8) is 0 Å². The predicted octanol–water partition coefficient (Wildman–Crippen LogP) is 4.46. The zero-order valence-electron chi connectivity index (χ0n) is 15.9. The van der Waals surface area contributed by atoms with Gasteiger partial charge in [0.1, 0.15) is 17.8 Å². The number of halogens is 4. The van der Waals surface area contributed by atoms with Crippen LogP contribution in [0.3, 0.4) is 0 Å². The second-order valence-corrected chi connectivity index (χ2v) is 6.99. The van der Waals surface area contributed by atoms with E-state index in [9.17, 15) is 17.6 Å². The van der Waals surface area contributed by atoms with Crippen LogP contribution in [0.15, 0.2) is 42.9 Å². The topological polar surface area (TPSA) is 64.9 Å². The molecule has 0 saturated carbocycles. The molecule has 1 N–H and O–H groups in total. The summed E-state index contributed by atoms with van der Waals surface area (Å²) in [7, 11) is 0. The van der Waals surface area contributed by atoms with Crippen LogP contribution in [0.4, 0.5) is 23.5 Å². The number of rotatable bonds is 5. The van der Waals surface area contributed by atoms with E-state index in [4.69, 9.17) is 4.74 Å². The van der Waals surface area contributed by atoms with Crippen LogP contribution in [0.1, 0.15) is 12.8 Å². The third kappa shape index (κ3) is 4.43. The van der Waals surface area contributed by atoms with Gasteiger partial charge >= 0.3 is 6.30 Å². The molecule has 1 aromatic carbocycles. The molecular weight excluding hydrogens is 402 g/mol. The minimum atomic E-state index is -4.69. The van der Waals surface area contributed by atoms with E-state index in [1.807, 2.05) is 0 Å². The number of alkyl halides is 3. The highest BCUT2D eigenvalue weighted by atomic mass is 19.4. The summed E-state index contributed by atoms with van der Waals surface area (Å²) in [6, 6.07) is 6.51. The Morgan fingerprint density at radius 2 is 1.80 bits per heavy atom. The van der Waals surface area contributed by atoms with E-state index in [0.717, 1.165) is 12.8 Å². The first-order valence-corrected chi connectivity index (χ1v) is 9.47. The molecule has 1 fully saturated rings. The van der Waals surface area contributed by atoms with Gasteiger partial charge in [-0.1, -0.05) is 0 Å². The Morgan fingerprint density at radius 1 is 1.07 bits per heavy atom. The molecule has 4 rings (SSSR count). The highest BCUT2D eigenvalue weighted by Gasteiger charge is 2.35. The van der Waals surface area contributed by atoms with E-state index in [1.54, 1.807) is 0 Å². The Morgan fingerprint density at radius 3 is 2.50 bits per heavy atom. The lowest BCUT2D eigenvalue weighted by Gasteiger charge is -2.22. The van der Waals surface area contributed by atoms with Crippen LogP contribution in [0.5, 0.6) is 0 Å². The molecule has 0 atom stereocenters. The van der Waals surface area contributed by atoms with Crippen LogP contribution in [-0.4, -0.2) is 39.3 Å². The number of anilines is 1. The fourth-order valence-corrected chi connectivity index (χ4v) is 3.37. The summed E-state index contributed by atoms with van der Waals surface area (Å²) in [4.78, 5) is 12.3. The molecule has 0 unspecified atom stereocenters. The number of benzene rings is 1. The molecule has 6 nitrogen and oxygen atoms in total. The molecule has 30 heavy (non-hydrogen) atoms. The number of nitrogens with one attached hydrogen (secondary N) is 1. The van der Waals surface area contributed by atoms with E-state index in [1.165, 1.54) is 36.5 Å². The Kier molecular flexibility index (Phi) is 5.67. The van der Waals surface area contributed by atoms with Crippen molar-refractivity contribution < 1.29 is 22.3 Å². The van der Waals surface area contributed by atoms with Crippen LogP contribution < -0.4 is 5.32 Å². The van der Waals surface area contributed by atoms with Gasteiger partial charge in [0.2, 0.25) is 5.95 Å². The van der Waals surface area contributed by atoms with Gasteiger partial charge in [0.05, 0.1) is 11.4 Å². The first-order chi connectivity index (χ1) is 14.4. The highest BCUT2D eigenvalue weighted by Crippen LogP contribution is 2.36. The lowest BCUT2D eigenvalue weighted by molar-refractivity contribution is -0.202. The minimum Gasteiger partial charge on any atom is -0.381 e. The smallest absolute Gasteiger partial charge is 0.381 e. The van der Waals surface area contributed by atoms with Gasteiger partial charge in [-0.3, -0.25) is 0 Å². The van der Waals surface area contributed by atoms with E-state index in [-0.39, 0.29) is 27.6 Å². The van der Waals surface area contributed by atoms with Crippen molar-refractivity contribution in [2.45, 2.75) is 19.1 Å². The molecule has 10 heteroatoms. The Balaban J connectivity index is 1.68. The van der Waals surface area contributed by atoms with Gasteiger partial charge in [0.15, 0.2) is 0 Å². The molecule has 158 valence electrons. The molecule has 2 aromatic heterocycles. The van der Waals surface area contributed by atoms with Crippen LogP contribution in [0.25, 0.3) is 22.6 Å². The van der Waals surface area contributed by atoms with Gasteiger partial charge in [0.25, 0.3) is 0 Å². The molecule has 0 aliphatic carbocycles. The number of ether oxygens (including phenoxy) is 1. The van der Waals surface area contributed by atoms with E-state index < -0.39 is 12.1 Å². The van der Waals surface area contributed by atoms with Gasteiger partial charge in [0, 0.05) is 31.5 Å². The second kappa shape index (κ2) is 8.39. The first-order valence-electron chi connectivity index (χ1n) is 9.47. The van der Waals surface area contributed by atoms with E-state index >= 15 is 0 Å². The third-order valence-electron chi connectivity index (χ3n) is 4.95. The summed E-state index contributed by atoms with van der Waals surface area (Å²) in [6.07, 6.45) is -0.784.